The number of halogens is 1. The second-order valence-electron chi connectivity index (χ2n) is 2.37. The van der Waals surface area contributed by atoms with Crippen molar-refractivity contribution in [3.05, 3.63) is 48.0 Å². The van der Waals surface area contributed by atoms with E-state index in [4.69, 9.17) is 5.90 Å². The van der Waals surface area contributed by atoms with Gasteiger partial charge in [-0.05, 0) is 24.3 Å². The van der Waals surface area contributed by atoms with Gasteiger partial charge in [-0.1, -0.05) is 30.0 Å². The summed E-state index contributed by atoms with van der Waals surface area (Å²) >= 11 is 0. The Kier molecular flexibility index (Phi) is 7.58. The summed E-state index contributed by atoms with van der Waals surface area (Å²) in [6.07, 6.45) is 3.48. The van der Waals surface area contributed by atoms with Crippen molar-refractivity contribution in [3.63, 3.8) is 0 Å². The molecule has 0 radical (unpaired) electrons. The first-order valence-electron chi connectivity index (χ1n) is 3.97. The maximum Gasteiger partial charge on any atom is 0.0869 e. The largest absolute Gasteiger partial charge is 0.300 e. The molecule has 3 heteroatoms. The third-order valence-corrected chi connectivity index (χ3v) is 1.38. The van der Waals surface area contributed by atoms with Gasteiger partial charge in [0.15, 0.2) is 0 Å². The molecular weight excluding hydrogens is 198 g/mol. The number of rotatable bonds is 2. The summed E-state index contributed by atoms with van der Waals surface area (Å²) in [5.74, 6) is 10.7. The van der Waals surface area contributed by atoms with E-state index in [9.17, 15) is 0 Å². The first kappa shape index (κ1) is 12.7. The first-order valence-corrected chi connectivity index (χ1v) is 3.97. The van der Waals surface area contributed by atoms with E-state index in [1.54, 1.807) is 12.2 Å². The van der Waals surface area contributed by atoms with Gasteiger partial charge in [0.05, 0.1) is 6.61 Å². The molecule has 0 unspecified atom stereocenters. The molecule has 0 aliphatic heterocycles. The lowest BCUT2D eigenvalue weighted by molar-refractivity contribution is 0.168. The Morgan fingerprint density at radius 3 is 2.64 bits per heavy atom. The van der Waals surface area contributed by atoms with Gasteiger partial charge < -0.3 is 4.84 Å². The first-order chi connectivity index (χ1) is 6.43. The van der Waals surface area contributed by atoms with Gasteiger partial charge in [-0.25, -0.2) is 5.90 Å². The van der Waals surface area contributed by atoms with Crippen LogP contribution in [0.4, 0.5) is 0 Å². The van der Waals surface area contributed by atoms with E-state index in [1.165, 1.54) is 0 Å². The Labute approximate surface area is 90.1 Å². The summed E-state index contributed by atoms with van der Waals surface area (Å²) in [6, 6.07) is 9.79. The van der Waals surface area contributed by atoms with Crippen LogP contribution < -0.4 is 5.90 Å². The van der Waals surface area contributed by atoms with Crippen molar-refractivity contribution >= 4 is 12.4 Å². The summed E-state index contributed by atoms with van der Waals surface area (Å²) in [4.78, 5) is 4.34. The molecule has 2 N–H and O–H groups in total. The quantitative estimate of drug-likeness (QED) is 0.597. The predicted molar refractivity (Wildman–Crippen MR) is 59.8 cm³/mol. The van der Waals surface area contributed by atoms with Crippen molar-refractivity contribution in [2.45, 2.75) is 0 Å². The van der Waals surface area contributed by atoms with E-state index >= 15 is 0 Å². The number of hydrogen-bond donors (Lipinski definition) is 1. The average molecular weight is 210 g/mol. The highest BCUT2D eigenvalue weighted by Gasteiger charge is 1.78. The molecule has 0 fully saturated rings. The van der Waals surface area contributed by atoms with E-state index in [0.29, 0.717) is 6.61 Å². The molecule has 1 rings (SSSR count). The second kappa shape index (κ2) is 8.33. The Balaban J connectivity index is 0.00000169. The van der Waals surface area contributed by atoms with Crippen molar-refractivity contribution in [3.8, 4) is 11.8 Å². The smallest absolute Gasteiger partial charge is 0.0869 e. The lowest BCUT2D eigenvalue weighted by Crippen LogP contribution is -1.96. The van der Waals surface area contributed by atoms with Crippen molar-refractivity contribution in [1.82, 2.24) is 0 Å². The maximum atomic E-state index is 4.82. The second-order valence-corrected chi connectivity index (χ2v) is 2.37. The van der Waals surface area contributed by atoms with Crippen LogP contribution in [0.1, 0.15) is 5.56 Å². The number of allylic oxidation sites excluding steroid dienone is 1. The summed E-state index contributed by atoms with van der Waals surface area (Å²) < 4.78 is 0. The lowest BCUT2D eigenvalue weighted by Gasteiger charge is -1.85. The van der Waals surface area contributed by atoms with E-state index in [0.717, 1.165) is 5.56 Å². The Morgan fingerprint density at radius 2 is 2.00 bits per heavy atom. The van der Waals surface area contributed by atoms with E-state index < -0.39 is 0 Å². The zero-order chi connectivity index (χ0) is 9.36. The zero-order valence-electron chi connectivity index (χ0n) is 7.64. The highest BCUT2D eigenvalue weighted by molar-refractivity contribution is 5.85. The standard InChI is InChI=1S/C11H11NO.ClH/c12-13-10-6-2-5-9-11-7-3-1-4-8-11;/h1-4,6-8H,10,12H2;1H. The van der Waals surface area contributed by atoms with Crippen molar-refractivity contribution in [2.75, 3.05) is 6.61 Å². The van der Waals surface area contributed by atoms with Gasteiger partial charge in [-0.15, -0.1) is 12.4 Å². The number of benzene rings is 1. The highest BCUT2D eigenvalue weighted by Crippen LogP contribution is 1.94. The van der Waals surface area contributed by atoms with E-state index in [2.05, 4.69) is 16.7 Å². The van der Waals surface area contributed by atoms with Crippen LogP contribution in [-0.4, -0.2) is 6.61 Å². The molecule has 2 nitrogen and oxygen atoms in total. The van der Waals surface area contributed by atoms with Gasteiger partial charge in [0.25, 0.3) is 0 Å². The SMILES string of the molecule is Cl.NOCC=CC#Cc1ccccc1. The highest BCUT2D eigenvalue weighted by atomic mass is 35.5. The molecule has 0 atom stereocenters. The molecule has 0 bridgehead atoms. The van der Waals surface area contributed by atoms with Crippen molar-refractivity contribution in [1.29, 1.82) is 0 Å². The van der Waals surface area contributed by atoms with Crippen LogP contribution in [0.2, 0.25) is 0 Å². The minimum Gasteiger partial charge on any atom is -0.300 e. The average Bonchev–Trinajstić information content (AvgIpc) is 2.19. The fourth-order valence-corrected chi connectivity index (χ4v) is 0.809. The van der Waals surface area contributed by atoms with Crippen LogP contribution in [0.15, 0.2) is 42.5 Å². The summed E-state index contributed by atoms with van der Waals surface area (Å²) in [5, 5.41) is 0. The molecule has 0 amide bonds. The molecule has 0 saturated heterocycles. The predicted octanol–water partition coefficient (Wildman–Crippen LogP) is 1.91. The third kappa shape index (κ3) is 5.39. The molecule has 0 aliphatic rings. The molecule has 1 aromatic rings. The fraction of sp³-hybridized carbons (Fsp3) is 0.0909. The normalized spacial score (nSPS) is 8.93. The summed E-state index contributed by atoms with van der Waals surface area (Å²) in [5.41, 5.74) is 1.00. The molecule has 0 saturated carbocycles. The topological polar surface area (TPSA) is 35.2 Å². The molecule has 0 spiro atoms. The number of hydrogen-bond acceptors (Lipinski definition) is 2. The van der Waals surface area contributed by atoms with Crippen LogP contribution in [0.5, 0.6) is 0 Å². The summed E-state index contributed by atoms with van der Waals surface area (Å²) in [6.45, 7) is 0.392. The van der Waals surface area contributed by atoms with Crippen molar-refractivity contribution in [2.24, 2.45) is 5.90 Å². The van der Waals surface area contributed by atoms with Crippen molar-refractivity contribution < 1.29 is 4.84 Å². The Bertz CT molecular complexity index is 324. The lowest BCUT2D eigenvalue weighted by atomic mass is 10.2. The molecule has 0 aliphatic carbocycles. The van der Waals surface area contributed by atoms with Crippen LogP contribution in [0.3, 0.4) is 0 Å². The zero-order valence-corrected chi connectivity index (χ0v) is 8.46. The van der Waals surface area contributed by atoms with Gasteiger partial charge in [-0.3, -0.25) is 0 Å². The molecular formula is C11H12ClNO. The van der Waals surface area contributed by atoms with Gasteiger partial charge in [-0.2, -0.15) is 0 Å². The molecule has 0 heterocycles. The minimum atomic E-state index is 0. The molecule has 14 heavy (non-hydrogen) atoms. The van der Waals surface area contributed by atoms with Crippen LogP contribution in [0.25, 0.3) is 0 Å². The third-order valence-electron chi connectivity index (χ3n) is 1.38. The van der Waals surface area contributed by atoms with Gasteiger partial charge in [0, 0.05) is 5.56 Å². The van der Waals surface area contributed by atoms with Gasteiger partial charge in [0.2, 0.25) is 0 Å². The van der Waals surface area contributed by atoms with Crippen LogP contribution >= 0.6 is 12.4 Å². The molecule has 74 valence electrons. The van der Waals surface area contributed by atoms with E-state index in [-0.39, 0.29) is 12.4 Å². The molecule has 1 aromatic carbocycles. The molecule has 0 aromatic heterocycles. The van der Waals surface area contributed by atoms with Crippen LogP contribution in [0, 0.1) is 11.8 Å². The Morgan fingerprint density at radius 1 is 1.29 bits per heavy atom. The maximum absolute atomic E-state index is 4.82. The Hall–Kier alpha value is -1.27. The van der Waals surface area contributed by atoms with Gasteiger partial charge in [0.1, 0.15) is 0 Å². The van der Waals surface area contributed by atoms with Gasteiger partial charge >= 0.3 is 0 Å². The van der Waals surface area contributed by atoms with E-state index in [1.807, 2.05) is 30.3 Å². The minimum absolute atomic E-state index is 0. The summed E-state index contributed by atoms with van der Waals surface area (Å²) in [7, 11) is 0. The number of nitrogens with two attached hydrogens (primary N) is 1. The monoisotopic (exact) mass is 209 g/mol. The van der Waals surface area contributed by atoms with Crippen LogP contribution in [-0.2, 0) is 4.84 Å². The fourth-order valence-electron chi connectivity index (χ4n) is 0.809.